The largest absolute Gasteiger partial charge is 0.374 e. The summed E-state index contributed by atoms with van der Waals surface area (Å²) in [5, 5.41) is 0. The fraction of sp³-hybridized carbons (Fsp3) is 0.647. The summed E-state index contributed by atoms with van der Waals surface area (Å²) < 4.78 is 0. The van der Waals surface area contributed by atoms with Crippen LogP contribution in [0.1, 0.15) is 44.4 Å². The molecule has 112 valence electrons. The van der Waals surface area contributed by atoms with E-state index in [9.17, 15) is 0 Å². The lowest BCUT2D eigenvalue weighted by Crippen LogP contribution is -2.45. The molecule has 0 radical (unpaired) electrons. The molecule has 0 fully saturated rings. The van der Waals surface area contributed by atoms with E-state index in [0.29, 0.717) is 12.6 Å². The molecule has 1 heterocycles. The number of rotatable bonds is 5. The van der Waals surface area contributed by atoms with Crippen molar-refractivity contribution in [1.82, 2.24) is 4.90 Å². The van der Waals surface area contributed by atoms with E-state index in [0.717, 1.165) is 19.4 Å². The van der Waals surface area contributed by atoms with E-state index < -0.39 is 0 Å². The van der Waals surface area contributed by atoms with Crippen LogP contribution >= 0.6 is 0 Å². The van der Waals surface area contributed by atoms with Crippen molar-refractivity contribution in [3.63, 3.8) is 0 Å². The zero-order chi connectivity index (χ0) is 14.9. The molecular formula is C17H29N3. The van der Waals surface area contributed by atoms with Gasteiger partial charge in [-0.05, 0) is 50.9 Å². The fourth-order valence-corrected chi connectivity index (χ4v) is 2.98. The Morgan fingerprint density at radius 2 is 2.10 bits per heavy atom. The lowest BCUT2D eigenvalue weighted by Gasteiger charge is -2.40. The van der Waals surface area contributed by atoms with Gasteiger partial charge in [0.05, 0.1) is 0 Å². The van der Waals surface area contributed by atoms with Crippen LogP contribution in [0.15, 0.2) is 18.2 Å². The molecule has 0 aromatic heterocycles. The van der Waals surface area contributed by atoms with Gasteiger partial charge in [-0.1, -0.05) is 19.1 Å². The van der Waals surface area contributed by atoms with Crippen LogP contribution in [0, 0.1) is 0 Å². The summed E-state index contributed by atoms with van der Waals surface area (Å²) in [5.41, 5.74) is 10.4. The quantitative estimate of drug-likeness (QED) is 0.897. The van der Waals surface area contributed by atoms with Gasteiger partial charge in [-0.25, -0.2) is 0 Å². The third kappa shape index (κ3) is 2.70. The molecule has 1 aliphatic rings. The van der Waals surface area contributed by atoms with Gasteiger partial charge in [0, 0.05) is 37.4 Å². The molecule has 0 spiro atoms. The van der Waals surface area contributed by atoms with Crippen LogP contribution in [-0.2, 0) is 6.42 Å². The Hall–Kier alpha value is -1.06. The van der Waals surface area contributed by atoms with E-state index in [4.69, 9.17) is 5.73 Å². The molecule has 3 heteroatoms. The van der Waals surface area contributed by atoms with Gasteiger partial charge in [-0.3, -0.25) is 4.90 Å². The van der Waals surface area contributed by atoms with E-state index in [1.165, 1.54) is 16.8 Å². The number of fused-ring (bicyclic) bond motifs is 1. The number of anilines is 1. The first-order valence-electron chi connectivity index (χ1n) is 7.67. The highest BCUT2D eigenvalue weighted by Crippen LogP contribution is 2.33. The van der Waals surface area contributed by atoms with Crippen molar-refractivity contribution < 1.29 is 0 Å². The summed E-state index contributed by atoms with van der Waals surface area (Å²) in [6, 6.07) is 7.16. The van der Waals surface area contributed by atoms with Crippen molar-refractivity contribution >= 4 is 5.69 Å². The number of benzene rings is 1. The Kier molecular flexibility index (Phi) is 4.40. The maximum Gasteiger partial charge on any atom is 0.0472 e. The van der Waals surface area contributed by atoms with E-state index >= 15 is 0 Å². The molecule has 2 rings (SSSR count). The monoisotopic (exact) mass is 275 g/mol. The minimum Gasteiger partial charge on any atom is -0.374 e. The Morgan fingerprint density at radius 1 is 1.40 bits per heavy atom. The molecule has 1 unspecified atom stereocenters. The van der Waals surface area contributed by atoms with Crippen LogP contribution in [0.5, 0.6) is 0 Å². The van der Waals surface area contributed by atoms with Gasteiger partial charge >= 0.3 is 0 Å². The van der Waals surface area contributed by atoms with Crippen molar-refractivity contribution in [2.24, 2.45) is 5.73 Å². The average Bonchev–Trinajstić information content (AvgIpc) is 2.81. The van der Waals surface area contributed by atoms with E-state index in [1.807, 2.05) is 0 Å². The standard InChI is InChI=1S/C17H29N3/c1-6-17(2,3)20(5)16(12-18)13-7-8-15-14(11-13)9-10-19(15)4/h7-8,11,16H,6,9-10,12,18H2,1-5H3. The summed E-state index contributed by atoms with van der Waals surface area (Å²) in [5.74, 6) is 0. The Balaban J connectivity index is 2.29. The first-order chi connectivity index (χ1) is 9.40. The van der Waals surface area contributed by atoms with Crippen LogP contribution in [0.4, 0.5) is 5.69 Å². The SMILES string of the molecule is CCC(C)(C)N(C)C(CN)c1ccc2c(c1)CCN2C. The zero-order valence-corrected chi connectivity index (χ0v) is 13.6. The normalized spacial score (nSPS) is 16.6. The summed E-state index contributed by atoms with van der Waals surface area (Å²) >= 11 is 0. The van der Waals surface area contributed by atoms with Crippen LogP contribution in [0.3, 0.4) is 0 Å². The first-order valence-corrected chi connectivity index (χ1v) is 7.67. The number of likely N-dealkylation sites (N-methyl/N-ethyl adjacent to an activating group) is 2. The van der Waals surface area contributed by atoms with Crippen LogP contribution in [-0.4, -0.2) is 37.6 Å². The highest BCUT2D eigenvalue weighted by Gasteiger charge is 2.29. The molecule has 1 aromatic rings. The Bertz CT molecular complexity index is 467. The lowest BCUT2D eigenvalue weighted by atomic mass is 9.94. The molecular weight excluding hydrogens is 246 g/mol. The highest BCUT2D eigenvalue weighted by atomic mass is 15.2. The van der Waals surface area contributed by atoms with Crippen LogP contribution in [0.25, 0.3) is 0 Å². The van der Waals surface area contributed by atoms with E-state index in [2.05, 4.69) is 62.9 Å². The van der Waals surface area contributed by atoms with Crippen LogP contribution < -0.4 is 10.6 Å². The summed E-state index contributed by atoms with van der Waals surface area (Å²) in [6.07, 6.45) is 2.27. The zero-order valence-electron chi connectivity index (χ0n) is 13.6. The predicted octanol–water partition coefficient (Wildman–Crippen LogP) is 2.80. The molecule has 1 atom stereocenters. The average molecular weight is 275 g/mol. The molecule has 20 heavy (non-hydrogen) atoms. The minimum absolute atomic E-state index is 0.167. The molecule has 0 aliphatic carbocycles. The number of nitrogens with two attached hydrogens (primary N) is 1. The predicted molar refractivity (Wildman–Crippen MR) is 87.3 cm³/mol. The maximum atomic E-state index is 6.08. The van der Waals surface area contributed by atoms with E-state index in [1.54, 1.807) is 0 Å². The summed E-state index contributed by atoms with van der Waals surface area (Å²) in [7, 11) is 4.36. The molecule has 0 bridgehead atoms. The van der Waals surface area contributed by atoms with Gasteiger partial charge < -0.3 is 10.6 Å². The second-order valence-corrected chi connectivity index (χ2v) is 6.59. The van der Waals surface area contributed by atoms with Gasteiger partial charge in [0.1, 0.15) is 0 Å². The lowest BCUT2D eigenvalue weighted by molar-refractivity contribution is 0.100. The van der Waals surface area contributed by atoms with Crippen molar-refractivity contribution in [2.75, 3.05) is 32.1 Å². The first kappa shape index (κ1) is 15.3. The van der Waals surface area contributed by atoms with Crippen molar-refractivity contribution in [2.45, 2.75) is 45.2 Å². The van der Waals surface area contributed by atoms with Crippen molar-refractivity contribution in [1.29, 1.82) is 0 Å². The molecule has 1 aliphatic heterocycles. The van der Waals surface area contributed by atoms with Gasteiger partial charge in [-0.2, -0.15) is 0 Å². The number of nitrogens with zero attached hydrogens (tertiary/aromatic N) is 2. The van der Waals surface area contributed by atoms with Crippen LogP contribution in [0.2, 0.25) is 0 Å². The number of hydrogen-bond donors (Lipinski definition) is 1. The van der Waals surface area contributed by atoms with Gasteiger partial charge in [0.15, 0.2) is 0 Å². The van der Waals surface area contributed by atoms with Gasteiger partial charge in [0.2, 0.25) is 0 Å². The molecule has 3 nitrogen and oxygen atoms in total. The van der Waals surface area contributed by atoms with Gasteiger partial charge in [-0.15, -0.1) is 0 Å². The smallest absolute Gasteiger partial charge is 0.0472 e. The third-order valence-corrected chi connectivity index (χ3v) is 5.13. The molecule has 0 saturated carbocycles. The van der Waals surface area contributed by atoms with E-state index in [-0.39, 0.29) is 5.54 Å². The Morgan fingerprint density at radius 3 is 2.70 bits per heavy atom. The third-order valence-electron chi connectivity index (χ3n) is 5.13. The maximum absolute atomic E-state index is 6.08. The summed E-state index contributed by atoms with van der Waals surface area (Å²) in [6.45, 7) is 8.60. The second kappa shape index (κ2) is 5.74. The fourth-order valence-electron chi connectivity index (χ4n) is 2.98. The molecule has 0 amide bonds. The minimum atomic E-state index is 0.167. The molecule has 1 aromatic carbocycles. The topological polar surface area (TPSA) is 32.5 Å². The van der Waals surface area contributed by atoms with Crippen molar-refractivity contribution in [3.05, 3.63) is 29.3 Å². The Labute approximate surface area is 123 Å². The molecule has 2 N–H and O–H groups in total. The highest BCUT2D eigenvalue weighted by molar-refractivity contribution is 5.58. The van der Waals surface area contributed by atoms with Gasteiger partial charge in [0.25, 0.3) is 0 Å². The number of hydrogen-bond acceptors (Lipinski definition) is 3. The summed E-state index contributed by atoms with van der Waals surface area (Å²) in [4.78, 5) is 4.75. The van der Waals surface area contributed by atoms with Crippen molar-refractivity contribution in [3.8, 4) is 0 Å². The second-order valence-electron chi connectivity index (χ2n) is 6.59. The molecule has 0 saturated heterocycles.